The van der Waals surface area contributed by atoms with Crippen molar-refractivity contribution in [2.75, 3.05) is 53.5 Å². The van der Waals surface area contributed by atoms with E-state index >= 15 is 0 Å². The molecule has 272 valence electrons. The maximum absolute atomic E-state index is 12.6. The number of piperidine rings is 1. The molecule has 1 aliphatic rings. The Bertz CT molecular complexity index is 1290. The van der Waals surface area contributed by atoms with E-state index in [1.807, 2.05) is 49.3 Å². The number of benzene rings is 2. The molecule has 1 saturated heterocycles. The molecule has 3 rings (SSSR count). The number of likely N-dealkylation sites (tertiary alicyclic amines) is 1. The average Bonchev–Trinajstić information content (AvgIpc) is 3.08. The third kappa shape index (κ3) is 16.0. The van der Waals surface area contributed by atoms with Crippen LogP contribution >= 0.6 is 0 Å². The van der Waals surface area contributed by atoms with Crippen molar-refractivity contribution in [2.45, 2.75) is 97.7 Å². The molecule has 10 heteroatoms. The highest BCUT2D eigenvalue weighted by Gasteiger charge is 2.23. The van der Waals surface area contributed by atoms with Gasteiger partial charge in [0, 0.05) is 38.1 Å². The number of carbonyl (C=O) groups is 4. The van der Waals surface area contributed by atoms with Crippen molar-refractivity contribution in [3.8, 4) is 0 Å². The SMILES string of the molecule is CCCCC(OC(C)=O)c1ccccc1C(=O)OCCN(C)C.CCCCC(OC(C)=O)c1ccccc1C(=O)OCCN1CCCCC1. The highest BCUT2D eigenvalue weighted by molar-refractivity contribution is 5.92. The van der Waals surface area contributed by atoms with Crippen LogP contribution in [0.2, 0.25) is 0 Å². The van der Waals surface area contributed by atoms with Gasteiger partial charge in [-0.15, -0.1) is 0 Å². The summed E-state index contributed by atoms with van der Waals surface area (Å²) in [6.45, 7) is 11.3. The van der Waals surface area contributed by atoms with Gasteiger partial charge in [-0.2, -0.15) is 0 Å². The number of hydrogen-bond acceptors (Lipinski definition) is 10. The normalized spacial score (nSPS) is 14.2. The van der Waals surface area contributed by atoms with Gasteiger partial charge in [0.25, 0.3) is 0 Å². The van der Waals surface area contributed by atoms with Crippen molar-refractivity contribution < 1.29 is 38.1 Å². The van der Waals surface area contributed by atoms with Crippen molar-refractivity contribution in [1.29, 1.82) is 0 Å². The Labute approximate surface area is 293 Å². The van der Waals surface area contributed by atoms with E-state index in [0.29, 0.717) is 49.3 Å². The van der Waals surface area contributed by atoms with Crippen LogP contribution in [-0.4, -0.2) is 87.2 Å². The summed E-state index contributed by atoms with van der Waals surface area (Å²) in [5, 5.41) is 0. The first-order valence-corrected chi connectivity index (χ1v) is 17.8. The molecule has 1 fully saturated rings. The van der Waals surface area contributed by atoms with E-state index in [9.17, 15) is 19.2 Å². The number of hydrogen-bond donors (Lipinski definition) is 0. The first-order chi connectivity index (χ1) is 23.6. The van der Waals surface area contributed by atoms with Gasteiger partial charge in [-0.1, -0.05) is 69.5 Å². The molecule has 0 aliphatic carbocycles. The smallest absolute Gasteiger partial charge is 0.338 e. The Morgan fingerprint density at radius 2 is 1.14 bits per heavy atom. The van der Waals surface area contributed by atoms with Crippen LogP contribution in [0, 0.1) is 0 Å². The van der Waals surface area contributed by atoms with Crippen LogP contribution in [0.5, 0.6) is 0 Å². The molecule has 0 spiro atoms. The number of nitrogens with zero attached hydrogens (tertiary/aromatic N) is 2. The van der Waals surface area contributed by atoms with Crippen LogP contribution in [-0.2, 0) is 28.5 Å². The van der Waals surface area contributed by atoms with Crippen LogP contribution in [0.3, 0.4) is 0 Å². The van der Waals surface area contributed by atoms with Gasteiger partial charge in [0.15, 0.2) is 0 Å². The zero-order valence-electron chi connectivity index (χ0n) is 30.5. The maximum atomic E-state index is 12.6. The summed E-state index contributed by atoms with van der Waals surface area (Å²) in [6, 6.07) is 14.5. The zero-order chi connectivity index (χ0) is 36.0. The van der Waals surface area contributed by atoms with E-state index in [2.05, 4.69) is 18.7 Å². The van der Waals surface area contributed by atoms with E-state index in [1.165, 1.54) is 33.1 Å². The highest BCUT2D eigenvalue weighted by Crippen LogP contribution is 2.29. The van der Waals surface area contributed by atoms with Crippen molar-refractivity contribution in [3.63, 3.8) is 0 Å². The van der Waals surface area contributed by atoms with Crippen LogP contribution in [0.4, 0.5) is 0 Å². The molecule has 1 heterocycles. The van der Waals surface area contributed by atoms with Crippen molar-refractivity contribution in [1.82, 2.24) is 9.80 Å². The minimum atomic E-state index is -0.412. The lowest BCUT2D eigenvalue weighted by molar-refractivity contribution is -0.148. The van der Waals surface area contributed by atoms with Crippen LogP contribution in [0.25, 0.3) is 0 Å². The lowest BCUT2D eigenvalue weighted by Crippen LogP contribution is -2.33. The van der Waals surface area contributed by atoms with Gasteiger partial charge in [-0.25, -0.2) is 9.59 Å². The molecule has 49 heavy (non-hydrogen) atoms. The second-order valence-corrected chi connectivity index (χ2v) is 12.6. The van der Waals surface area contributed by atoms with E-state index in [-0.39, 0.29) is 23.9 Å². The number of esters is 4. The largest absolute Gasteiger partial charge is 0.461 e. The van der Waals surface area contributed by atoms with E-state index in [1.54, 1.807) is 18.2 Å². The fraction of sp³-hybridized carbons (Fsp3) is 0.590. The molecule has 0 N–H and O–H groups in total. The summed E-state index contributed by atoms with van der Waals surface area (Å²) in [4.78, 5) is 52.1. The van der Waals surface area contributed by atoms with Gasteiger partial charge < -0.3 is 23.8 Å². The second-order valence-electron chi connectivity index (χ2n) is 12.6. The average molecular weight is 683 g/mol. The van der Waals surface area contributed by atoms with Gasteiger partial charge in [0.1, 0.15) is 25.4 Å². The maximum Gasteiger partial charge on any atom is 0.338 e. The number of carbonyl (C=O) groups excluding carboxylic acids is 4. The lowest BCUT2D eigenvalue weighted by atomic mass is 9.98. The Morgan fingerprint density at radius 3 is 1.57 bits per heavy atom. The Balaban J connectivity index is 0.000000343. The molecular formula is C39H58N2O8. The highest BCUT2D eigenvalue weighted by atomic mass is 16.6. The first-order valence-electron chi connectivity index (χ1n) is 17.8. The summed E-state index contributed by atoms with van der Waals surface area (Å²) in [7, 11) is 3.84. The summed E-state index contributed by atoms with van der Waals surface area (Å²) < 4.78 is 21.7. The molecular weight excluding hydrogens is 624 g/mol. The quantitative estimate of drug-likeness (QED) is 0.117. The Kier molecular flexibility index (Phi) is 19.9. The van der Waals surface area contributed by atoms with Crippen molar-refractivity contribution in [3.05, 3.63) is 70.8 Å². The minimum absolute atomic E-state index is 0.327. The standard InChI is InChI=1S/C21H31NO4.C18H27NO4/c1-3-4-12-20(26-17(2)23)18-10-6-7-11-19(18)21(24)25-16-15-22-13-8-5-9-14-22;1-5-6-11-17(23-14(2)20)15-9-7-8-10-16(15)18(21)22-13-12-19(3)4/h6-7,10-11,20H,3-5,8-9,12-16H2,1-2H3;7-10,17H,5-6,11-13H2,1-4H3. The molecule has 0 saturated carbocycles. The molecule has 0 amide bonds. The predicted molar refractivity (Wildman–Crippen MR) is 190 cm³/mol. The first kappa shape index (κ1) is 41.4. The number of rotatable bonds is 18. The third-order valence-corrected chi connectivity index (χ3v) is 8.17. The Hall–Kier alpha value is -3.76. The molecule has 0 aromatic heterocycles. The summed E-state index contributed by atoms with van der Waals surface area (Å²) >= 11 is 0. The van der Waals surface area contributed by atoms with Gasteiger partial charge in [0.2, 0.25) is 0 Å². The lowest BCUT2D eigenvalue weighted by Gasteiger charge is -2.26. The Morgan fingerprint density at radius 1 is 0.694 bits per heavy atom. The molecule has 1 aliphatic heterocycles. The fourth-order valence-electron chi connectivity index (χ4n) is 5.59. The fourth-order valence-corrected chi connectivity index (χ4v) is 5.59. The van der Waals surface area contributed by atoms with Crippen molar-refractivity contribution >= 4 is 23.9 Å². The van der Waals surface area contributed by atoms with E-state index in [4.69, 9.17) is 18.9 Å². The minimum Gasteiger partial charge on any atom is -0.461 e. The van der Waals surface area contributed by atoms with Gasteiger partial charge in [-0.3, -0.25) is 14.5 Å². The van der Waals surface area contributed by atoms with E-state index in [0.717, 1.165) is 50.9 Å². The monoisotopic (exact) mass is 682 g/mol. The molecule has 10 nitrogen and oxygen atoms in total. The van der Waals surface area contributed by atoms with Crippen molar-refractivity contribution in [2.24, 2.45) is 0 Å². The van der Waals surface area contributed by atoms with Crippen LogP contribution in [0.15, 0.2) is 48.5 Å². The summed E-state index contributed by atoms with van der Waals surface area (Å²) in [5.74, 6) is -1.40. The van der Waals surface area contributed by atoms with E-state index < -0.39 is 12.2 Å². The molecule has 2 unspecified atom stereocenters. The number of likely N-dealkylation sites (N-methyl/N-ethyl adjacent to an activating group) is 1. The third-order valence-electron chi connectivity index (χ3n) is 8.17. The molecule has 0 radical (unpaired) electrons. The summed E-state index contributed by atoms with van der Waals surface area (Å²) in [6.07, 6.45) is 8.15. The molecule has 0 bridgehead atoms. The van der Waals surface area contributed by atoms with Gasteiger partial charge >= 0.3 is 23.9 Å². The van der Waals surface area contributed by atoms with Gasteiger partial charge in [0.05, 0.1) is 11.1 Å². The topological polar surface area (TPSA) is 112 Å². The van der Waals surface area contributed by atoms with Crippen LogP contribution < -0.4 is 0 Å². The van der Waals surface area contributed by atoms with Crippen LogP contribution in [0.1, 0.15) is 130 Å². The molecule has 2 aromatic carbocycles. The number of ether oxygens (including phenoxy) is 4. The predicted octanol–water partition coefficient (Wildman–Crippen LogP) is 7.32. The second kappa shape index (κ2) is 23.6. The zero-order valence-corrected chi connectivity index (χ0v) is 30.5. The molecule has 2 atom stereocenters. The number of unbranched alkanes of at least 4 members (excludes halogenated alkanes) is 2. The molecule has 2 aromatic rings. The summed E-state index contributed by atoms with van der Waals surface area (Å²) in [5.41, 5.74) is 2.41. The van der Waals surface area contributed by atoms with Gasteiger partial charge in [-0.05, 0) is 77.8 Å².